The summed E-state index contributed by atoms with van der Waals surface area (Å²) in [6, 6.07) is 16.3. The number of nitrogens with one attached hydrogen (secondary N) is 2. The van der Waals surface area contributed by atoms with Crippen molar-refractivity contribution < 1.29 is 14.7 Å². The van der Waals surface area contributed by atoms with E-state index in [0.717, 1.165) is 18.5 Å². The highest BCUT2D eigenvalue weighted by molar-refractivity contribution is 6.08. The van der Waals surface area contributed by atoms with Crippen molar-refractivity contribution in [3.05, 3.63) is 89.6 Å². The van der Waals surface area contributed by atoms with E-state index in [-0.39, 0.29) is 17.4 Å². The SMILES string of the molecule is Cc1nn(-c2ccccn2)c2nc(C3CC3)cc(C(=O)NNC(=O)c3nn(-c4ccccc4)cc3O)c12. The van der Waals surface area contributed by atoms with E-state index in [4.69, 9.17) is 4.98 Å². The zero-order chi connectivity index (χ0) is 25.5. The highest BCUT2D eigenvalue weighted by Gasteiger charge is 2.29. The summed E-state index contributed by atoms with van der Waals surface area (Å²) in [4.78, 5) is 35.2. The first-order valence-electron chi connectivity index (χ1n) is 11.8. The van der Waals surface area contributed by atoms with E-state index in [9.17, 15) is 14.7 Å². The number of aromatic nitrogens is 6. The van der Waals surface area contributed by atoms with Gasteiger partial charge in [0.05, 0.1) is 28.5 Å². The number of amides is 2. The summed E-state index contributed by atoms with van der Waals surface area (Å²) >= 11 is 0. The molecule has 6 rings (SSSR count). The van der Waals surface area contributed by atoms with Crippen LogP contribution in [0.4, 0.5) is 0 Å². The van der Waals surface area contributed by atoms with Crippen LogP contribution in [-0.2, 0) is 0 Å². The van der Waals surface area contributed by atoms with Crippen LogP contribution in [0.5, 0.6) is 5.75 Å². The van der Waals surface area contributed by atoms with Gasteiger partial charge in [0.2, 0.25) is 0 Å². The fourth-order valence-electron chi connectivity index (χ4n) is 4.19. The van der Waals surface area contributed by atoms with Crippen LogP contribution in [-0.4, -0.2) is 46.4 Å². The highest BCUT2D eigenvalue weighted by Crippen LogP contribution is 2.40. The third-order valence-corrected chi connectivity index (χ3v) is 6.16. The Hall–Kier alpha value is -5.06. The largest absolute Gasteiger partial charge is 0.504 e. The van der Waals surface area contributed by atoms with Crippen LogP contribution < -0.4 is 10.9 Å². The highest BCUT2D eigenvalue weighted by atomic mass is 16.3. The molecule has 1 fully saturated rings. The van der Waals surface area contributed by atoms with Gasteiger partial charge in [0.25, 0.3) is 11.8 Å². The molecule has 5 aromatic rings. The van der Waals surface area contributed by atoms with Crippen LogP contribution in [0.1, 0.15) is 51.0 Å². The van der Waals surface area contributed by atoms with Crippen LogP contribution in [0.25, 0.3) is 22.5 Å². The number of carbonyl (C=O) groups excluding carboxylic acids is 2. The number of carbonyl (C=O) groups is 2. The Morgan fingerprint density at radius 2 is 1.76 bits per heavy atom. The number of rotatable bonds is 5. The molecule has 0 bridgehead atoms. The molecule has 0 aliphatic heterocycles. The minimum absolute atomic E-state index is 0.221. The monoisotopic (exact) mass is 494 g/mol. The van der Waals surface area contributed by atoms with Crippen LogP contribution in [0.3, 0.4) is 0 Å². The molecule has 1 aromatic carbocycles. The third-order valence-electron chi connectivity index (χ3n) is 6.16. The van der Waals surface area contributed by atoms with E-state index in [0.29, 0.717) is 33.8 Å². The fourth-order valence-corrected chi connectivity index (χ4v) is 4.19. The zero-order valence-corrected chi connectivity index (χ0v) is 19.8. The molecule has 11 nitrogen and oxygen atoms in total. The quantitative estimate of drug-likeness (QED) is 0.319. The van der Waals surface area contributed by atoms with Crippen molar-refractivity contribution in [3.63, 3.8) is 0 Å². The first-order chi connectivity index (χ1) is 18.0. The molecular weight excluding hydrogens is 472 g/mol. The number of hydrogen-bond acceptors (Lipinski definition) is 7. The molecule has 3 N–H and O–H groups in total. The van der Waals surface area contributed by atoms with Crippen LogP contribution in [0.2, 0.25) is 0 Å². The van der Waals surface area contributed by atoms with Gasteiger partial charge in [-0.25, -0.2) is 14.6 Å². The van der Waals surface area contributed by atoms with Crippen molar-refractivity contribution in [1.29, 1.82) is 0 Å². The van der Waals surface area contributed by atoms with E-state index in [2.05, 4.69) is 26.0 Å². The molecule has 37 heavy (non-hydrogen) atoms. The number of nitrogens with zero attached hydrogens (tertiary/aromatic N) is 6. The summed E-state index contributed by atoms with van der Waals surface area (Å²) in [5.74, 6) is -0.741. The smallest absolute Gasteiger partial charge is 0.294 e. The molecule has 0 radical (unpaired) electrons. The summed E-state index contributed by atoms with van der Waals surface area (Å²) in [6.07, 6.45) is 4.99. The second-order valence-corrected chi connectivity index (χ2v) is 8.80. The average Bonchev–Trinajstić information content (AvgIpc) is 3.63. The van der Waals surface area contributed by atoms with Crippen molar-refractivity contribution in [2.75, 3.05) is 0 Å². The van der Waals surface area contributed by atoms with E-state index in [1.165, 1.54) is 10.9 Å². The summed E-state index contributed by atoms with van der Waals surface area (Å²) < 4.78 is 3.01. The molecule has 0 atom stereocenters. The Morgan fingerprint density at radius 1 is 1.00 bits per heavy atom. The maximum absolute atomic E-state index is 13.3. The molecule has 0 spiro atoms. The Balaban J connectivity index is 1.29. The predicted octanol–water partition coefficient (Wildman–Crippen LogP) is 2.97. The number of hydrogen-bond donors (Lipinski definition) is 3. The first kappa shape index (κ1) is 22.4. The molecule has 0 saturated heterocycles. The Bertz CT molecular complexity index is 1640. The molecule has 2 amide bonds. The second kappa shape index (κ2) is 8.86. The number of hydrazine groups is 1. The van der Waals surface area contributed by atoms with Crippen molar-refractivity contribution in [3.8, 4) is 17.3 Å². The van der Waals surface area contributed by atoms with Gasteiger partial charge in [-0.15, -0.1) is 0 Å². The first-order valence-corrected chi connectivity index (χ1v) is 11.8. The lowest BCUT2D eigenvalue weighted by Crippen LogP contribution is -2.42. The van der Waals surface area contributed by atoms with Gasteiger partial charge in [0.15, 0.2) is 22.9 Å². The van der Waals surface area contributed by atoms with E-state index >= 15 is 0 Å². The van der Waals surface area contributed by atoms with Gasteiger partial charge < -0.3 is 5.11 Å². The number of aryl methyl sites for hydroxylation is 1. The van der Waals surface area contributed by atoms with Crippen LogP contribution in [0.15, 0.2) is 67.0 Å². The predicted molar refractivity (Wildman–Crippen MR) is 134 cm³/mol. The molecule has 1 aliphatic rings. The number of benzene rings is 1. The topological polar surface area (TPSA) is 140 Å². The van der Waals surface area contributed by atoms with Crippen molar-refractivity contribution >= 4 is 22.8 Å². The van der Waals surface area contributed by atoms with Gasteiger partial charge in [0, 0.05) is 17.8 Å². The standard InChI is InChI=1S/C26H22N8O3/c1-15-22-18(13-19(16-10-11-16)28-24(22)34(31-15)21-9-5-6-12-27-21)25(36)29-30-26(37)23-20(35)14-33(32-23)17-7-3-2-4-8-17/h2-9,12-14,16,35H,10-11H2,1H3,(H,29,36)(H,30,37). The number of aromatic hydroxyl groups is 1. The number of pyridine rings is 2. The maximum Gasteiger partial charge on any atom is 0.294 e. The zero-order valence-electron chi connectivity index (χ0n) is 19.8. The van der Waals surface area contributed by atoms with Gasteiger partial charge in [-0.3, -0.25) is 20.4 Å². The number of para-hydroxylation sites is 1. The molecule has 0 unspecified atom stereocenters. The Labute approximate surface area is 210 Å². The third kappa shape index (κ3) is 4.16. The Kier molecular flexibility index (Phi) is 5.37. The molecule has 4 heterocycles. The van der Waals surface area contributed by atoms with Gasteiger partial charge in [0.1, 0.15) is 0 Å². The van der Waals surface area contributed by atoms with Crippen molar-refractivity contribution in [1.82, 2.24) is 40.4 Å². The Morgan fingerprint density at radius 3 is 2.49 bits per heavy atom. The second-order valence-electron chi connectivity index (χ2n) is 8.80. The minimum atomic E-state index is -0.755. The summed E-state index contributed by atoms with van der Waals surface area (Å²) in [6.45, 7) is 1.80. The van der Waals surface area contributed by atoms with Gasteiger partial charge >= 0.3 is 0 Å². The van der Waals surface area contributed by atoms with E-state index < -0.39 is 11.8 Å². The van der Waals surface area contributed by atoms with Gasteiger partial charge in [-0.1, -0.05) is 24.3 Å². The molecule has 1 aliphatic carbocycles. The maximum atomic E-state index is 13.3. The summed E-state index contributed by atoms with van der Waals surface area (Å²) in [5, 5.41) is 19.6. The molecule has 11 heteroatoms. The lowest BCUT2D eigenvalue weighted by atomic mass is 10.1. The van der Waals surface area contributed by atoms with Gasteiger partial charge in [-0.05, 0) is 50.1 Å². The molecule has 1 saturated carbocycles. The lowest BCUT2D eigenvalue weighted by Gasteiger charge is -2.10. The molecule has 184 valence electrons. The minimum Gasteiger partial charge on any atom is -0.504 e. The fraction of sp³-hybridized carbons (Fsp3) is 0.154. The van der Waals surface area contributed by atoms with Crippen molar-refractivity contribution in [2.24, 2.45) is 0 Å². The molecule has 4 aromatic heterocycles. The lowest BCUT2D eigenvalue weighted by molar-refractivity contribution is 0.0843. The van der Waals surface area contributed by atoms with Crippen molar-refractivity contribution in [2.45, 2.75) is 25.7 Å². The van der Waals surface area contributed by atoms with E-state index in [1.54, 1.807) is 36.0 Å². The summed E-state index contributed by atoms with van der Waals surface area (Å²) in [7, 11) is 0. The van der Waals surface area contributed by atoms with Crippen LogP contribution in [0, 0.1) is 6.92 Å². The van der Waals surface area contributed by atoms with Gasteiger partial charge in [-0.2, -0.15) is 14.9 Å². The van der Waals surface area contributed by atoms with E-state index in [1.807, 2.05) is 36.4 Å². The average molecular weight is 495 g/mol. The van der Waals surface area contributed by atoms with Crippen LogP contribution >= 0.6 is 0 Å². The number of fused-ring (bicyclic) bond motifs is 1. The summed E-state index contributed by atoms with van der Waals surface area (Å²) in [5.41, 5.74) is 7.52. The normalized spacial score (nSPS) is 13.0. The molecular formula is C26H22N8O3.